The van der Waals surface area contributed by atoms with Crippen LogP contribution in [0.15, 0.2) is 49.1 Å². The van der Waals surface area contributed by atoms with Crippen LogP contribution in [0.25, 0.3) is 0 Å². The summed E-state index contributed by atoms with van der Waals surface area (Å²) in [5, 5.41) is 30.9. The molecule has 26 nitrogen and oxygen atoms in total. The fraction of sp³-hybridized carbons (Fsp3) is 0.400. The van der Waals surface area contributed by atoms with Crippen LogP contribution in [0.2, 0.25) is 0 Å². The number of nitrogens with two attached hydrogens (primary N) is 2. The highest BCUT2D eigenvalue weighted by atomic mass is 32.3. The molecule has 0 fully saturated rings. The number of quaternary nitrogens is 2. The first-order chi connectivity index (χ1) is 30.7. The molecule has 0 spiro atoms. The third-order valence-corrected chi connectivity index (χ3v) is 8.63. The van der Waals surface area contributed by atoms with Crippen molar-refractivity contribution in [1.29, 1.82) is 10.8 Å². The highest BCUT2D eigenvalue weighted by Gasteiger charge is 2.21. The van der Waals surface area contributed by atoms with Gasteiger partial charge in [-0.25, -0.2) is 0 Å². The van der Waals surface area contributed by atoms with Crippen LogP contribution in [0.4, 0.5) is 22.7 Å². The third-order valence-electron chi connectivity index (χ3n) is 8.63. The van der Waals surface area contributed by atoms with Crippen LogP contribution < -0.4 is 43.4 Å². The maximum absolute atomic E-state index is 12.7. The summed E-state index contributed by atoms with van der Waals surface area (Å²) in [7, 11) is 13.2. The minimum Gasteiger partial charge on any atom is -0.759 e. The summed E-state index contributed by atoms with van der Waals surface area (Å²) in [4.78, 5) is 74.2. The van der Waals surface area contributed by atoms with E-state index < -0.39 is 10.4 Å². The van der Waals surface area contributed by atoms with Crippen molar-refractivity contribution in [3.63, 3.8) is 0 Å². The van der Waals surface area contributed by atoms with E-state index in [0.717, 1.165) is 0 Å². The van der Waals surface area contributed by atoms with Gasteiger partial charge in [-0.2, -0.15) is 0 Å². The molecule has 4 aromatic heterocycles. The Morgan fingerprint density at radius 1 is 0.522 bits per heavy atom. The zero-order valence-electron chi connectivity index (χ0n) is 39.2. The van der Waals surface area contributed by atoms with E-state index in [0.29, 0.717) is 67.6 Å². The van der Waals surface area contributed by atoms with Crippen molar-refractivity contribution >= 4 is 80.3 Å². The van der Waals surface area contributed by atoms with E-state index in [2.05, 4.69) is 31.9 Å². The summed E-state index contributed by atoms with van der Waals surface area (Å²) in [6, 6.07) is 6.32. The van der Waals surface area contributed by atoms with Gasteiger partial charge in [0.15, 0.2) is 13.1 Å². The van der Waals surface area contributed by atoms with Gasteiger partial charge in [0.1, 0.15) is 22.8 Å². The molecule has 0 aliphatic heterocycles. The zero-order chi connectivity index (χ0) is 51.2. The van der Waals surface area contributed by atoms with Crippen LogP contribution in [0, 0.1) is 10.8 Å². The van der Waals surface area contributed by atoms with Crippen LogP contribution in [0.5, 0.6) is 0 Å². The molecule has 6 amide bonds. The molecule has 0 saturated heterocycles. The molecular weight excluding hydrogens is 897 g/mol. The van der Waals surface area contributed by atoms with Crippen LogP contribution in [-0.2, 0) is 48.2 Å². The summed E-state index contributed by atoms with van der Waals surface area (Å²) < 4.78 is 41.5. The minimum absolute atomic E-state index is 0.00395. The number of aromatic nitrogens is 4. The lowest BCUT2D eigenvalue weighted by molar-refractivity contribution is -0.861. The monoisotopic (exact) mass is 958 g/mol. The fourth-order valence-electron chi connectivity index (χ4n) is 5.89. The molecule has 368 valence electrons. The number of carbonyl (C=O) groups is 6. The van der Waals surface area contributed by atoms with Crippen molar-refractivity contribution in [2.24, 2.45) is 39.7 Å². The first-order valence-electron chi connectivity index (χ1n) is 20.1. The zero-order valence-corrected chi connectivity index (χ0v) is 40.0. The van der Waals surface area contributed by atoms with Crippen LogP contribution in [-0.4, -0.2) is 160 Å². The average Bonchev–Trinajstić information content (AvgIpc) is 3.90. The van der Waals surface area contributed by atoms with Gasteiger partial charge in [-0.15, -0.1) is 0 Å². The number of hydrogen-bond acceptors (Lipinski definition) is 12. The van der Waals surface area contributed by atoms with Crippen LogP contribution in [0.1, 0.15) is 54.8 Å². The summed E-state index contributed by atoms with van der Waals surface area (Å²) in [5.41, 5.74) is 14.0. The van der Waals surface area contributed by atoms with Crippen LogP contribution >= 0.6 is 0 Å². The summed E-state index contributed by atoms with van der Waals surface area (Å²) in [6.45, 7) is 1.12. The largest absolute Gasteiger partial charge is 0.759 e. The number of rotatable bonds is 18. The van der Waals surface area contributed by atoms with Crippen molar-refractivity contribution in [2.45, 2.75) is 12.8 Å². The molecule has 27 heteroatoms. The molecule has 4 heterocycles. The van der Waals surface area contributed by atoms with E-state index >= 15 is 0 Å². The minimum atomic E-state index is -5.17. The van der Waals surface area contributed by atoms with Gasteiger partial charge in [0.05, 0.1) is 76.7 Å². The first-order valence-corrected chi connectivity index (χ1v) is 21.4. The highest BCUT2D eigenvalue weighted by Crippen LogP contribution is 2.19. The third kappa shape index (κ3) is 21.0. The maximum Gasteiger partial charge on any atom is 0.279 e. The van der Waals surface area contributed by atoms with Gasteiger partial charge >= 0.3 is 0 Å². The summed E-state index contributed by atoms with van der Waals surface area (Å²) >= 11 is 0. The van der Waals surface area contributed by atoms with Crippen molar-refractivity contribution in [3.8, 4) is 0 Å². The van der Waals surface area contributed by atoms with Crippen molar-refractivity contribution in [2.75, 3.05) is 89.7 Å². The number of aryl methyl sites for hydroxylation is 4. The van der Waals surface area contributed by atoms with E-state index in [1.807, 2.05) is 42.3 Å². The number of amidine groups is 2. The average molecular weight is 959 g/mol. The summed E-state index contributed by atoms with van der Waals surface area (Å²) in [5.74, 6) is -1.70. The van der Waals surface area contributed by atoms with Gasteiger partial charge in [-0.1, -0.05) is 0 Å². The second-order valence-electron chi connectivity index (χ2n) is 17.3. The number of carbonyl (C=O) groups excluding carboxylic acids is 6. The lowest BCUT2D eigenvalue weighted by atomic mass is 10.3. The molecule has 0 atom stereocenters. The molecule has 0 aliphatic rings. The molecule has 67 heavy (non-hydrogen) atoms. The predicted octanol–water partition coefficient (Wildman–Crippen LogP) is -0.705. The highest BCUT2D eigenvalue weighted by molar-refractivity contribution is 7.79. The summed E-state index contributed by atoms with van der Waals surface area (Å²) in [6.07, 6.45) is 7.12. The number of anilines is 4. The topological polar surface area (TPSA) is 374 Å². The Labute approximate surface area is 388 Å². The Balaban J connectivity index is 0.000000418. The quantitative estimate of drug-likeness (QED) is 0.0195. The Hall–Kier alpha value is -7.33. The molecule has 12 N–H and O–H groups in total. The Morgan fingerprint density at radius 2 is 0.761 bits per heavy atom. The number of hydrogen-bond donors (Lipinski definition) is 10. The van der Waals surface area contributed by atoms with Gasteiger partial charge in [0.2, 0.25) is 0 Å². The van der Waals surface area contributed by atoms with Crippen LogP contribution in [0.3, 0.4) is 0 Å². The van der Waals surface area contributed by atoms with Crippen molar-refractivity contribution in [3.05, 3.63) is 71.8 Å². The van der Waals surface area contributed by atoms with E-state index in [9.17, 15) is 28.8 Å². The molecule has 0 radical (unpaired) electrons. The molecule has 0 saturated carbocycles. The maximum atomic E-state index is 12.7. The molecule has 0 aromatic carbocycles. The standard InChI is InChI=1S/2C20H30N8O3.H2O4S/c2*1-26-11-14(9-15(26)19(30)23-7-6-17(21)22)25-20(31)16-8-13(10-27(16)2)24-18(29)12-28(3,4)5;1-5(2,3)4/h2*8-11H,6-7,12H2,1-5H3,(H5-,21,22,23,24,25,29,30,31);(H2,1,2,3,4). The van der Waals surface area contributed by atoms with E-state index in [-0.39, 0.29) is 73.0 Å². The van der Waals surface area contributed by atoms with Gasteiger partial charge in [-0.05, 0) is 24.3 Å². The van der Waals surface area contributed by atoms with E-state index in [4.69, 9.17) is 39.8 Å². The lowest BCUT2D eigenvalue weighted by Gasteiger charge is -2.22. The molecule has 4 aromatic rings. The second-order valence-corrected chi connectivity index (χ2v) is 18.1. The molecule has 0 aliphatic carbocycles. The Kier molecular flexibility index (Phi) is 19.8. The van der Waals surface area contributed by atoms with Crippen molar-refractivity contribution in [1.82, 2.24) is 28.9 Å². The number of nitrogens with zero attached hydrogens (tertiary/aromatic N) is 6. The van der Waals surface area contributed by atoms with Gasteiger partial charge in [-0.3, -0.25) is 48.0 Å². The first kappa shape index (κ1) is 55.8. The molecule has 0 bridgehead atoms. The Morgan fingerprint density at radius 3 is 1.00 bits per heavy atom. The SMILES string of the molecule is Cn1cc(NC(=O)c2cc(NC(=O)C[N+](C)(C)C)cn2C)cc1C(=O)NCCC(=N)N.Cn1cc(NC(=O)c2cc(NC(=O)C[N+](C)(C)C)cn2C)cc1C(=O)NCCC(=N)N.O=S(=O)([O-])[O-]. The lowest BCUT2D eigenvalue weighted by Crippen LogP contribution is -2.41. The van der Waals surface area contributed by atoms with Crippen molar-refractivity contribution < 1.29 is 55.3 Å². The normalized spacial score (nSPS) is 11.2. The number of amides is 6. The fourth-order valence-corrected chi connectivity index (χ4v) is 5.89. The molecule has 0 unspecified atom stereocenters. The molecular formula is C40H62N16O10S. The smallest absolute Gasteiger partial charge is 0.279 e. The predicted molar refractivity (Wildman–Crippen MR) is 249 cm³/mol. The van der Waals surface area contributed by atoms with Gasteiger partial charge in [0, 0.05) is 89.3 Å². The second kappa shape index (κ2) is 23.7. The van der Waals surface area contributed by atoms with Gasteiger partial charge in [0.25, 0.3) is 35.4 Å². The van der Waals surface area contributed by atoms with E-state index in [1.165, 1.54) is 0 Å². The van der Waals surface area contributed by atoms with Gasteiger partial charge < -0.3 is 79.7 Å². The molecule has 4 rings (SSSR count). The number of nitrogens with one attached hydrogen (secondary N) is 8. The Bertz CT molecular complexity index is 2400. The number of likely N-dealkylation sites (N-methyl/N-ethyl adjacent to an activating group) is 2. The van der Waals surface area contributed by atoms with E-state index in [1.54, 1.807) is 95.5 Å².